The predicted molar refractivity (Wildman–Crippen MR) is 236 cm³/mol. The number of rotatable bonds is 9. The van der Waals surface area contributed by atoms with Crippen LogP contribution in [0.25, 0.3) is 43.0 Å². The second-order valence-electron chi connectivity index (χ2n) is 13.9. The fraction of sp³-hybridized carbons (Fsp3) is 0.364. The van der Waals surface area contributed by atoms with Crippen LogP contribution in [0, 0.1) is 0 Å². The quantitative estimate of drug-likeness (QED) is 0.113. The number of H-pyrrole nitrogens is 2. The van der Waals surface area contributed by atoms with Crippen LogP contribution in [0.15, 0.2) is 90.4 Å². The molecule has 2 fully saturated rings. The number of alkyl carbamates (subject to hydrolysis) is 1. The van der Waals surface area contributed by atoms with E-state index in [-0.39, 0.29) is 30.9 Å². The summed E-state index contributed by atoms with van der Waals surface area (Å²) in [7, 11) is 0. The minimum Gasteiger partial charge on any atom is -0.450 e. The number of carbonyl (C=O) groups excluding carboxylic acids is 4. The maximum Gasteiger partial charge on any atom is 0.408 e. The molecule has 0 spiro atoms. The first-order valence-electron chi connectivity index (χ1n) is 20.1. The van der Waals surface area contributed by atoms with E-state index in [9.17, 15) is 19.2 Å². The van der Waals surface area contributed by atoms with Crippen molar-refractivity contribution in [1.82, 2.24) is 40.4 Å². The molecule has 4 amide bonds. The summed E-state index contributed by atoms with van der Waals surface area (Å²) in [5, 5.41) is 9.60. The largest absolute Gasteiger partial charge is 0.450 e. The summed E-state index contributed by atoms with van der Waals surface area (Å²) in [6.45, 7) is 11.0. The van der Waals surface area contributed by atoms with Crippen molar-refractivity contribution in [1.29, 1.82) is 0 Å². The lowest BCUT2D eigenvalue weighted by atomic mass is 10.1. The first kappa shape index (κ1) is 44.3. The molecule has 2 aliphatic heterocycles. The summed E-state index contributed by atoms with van der Waals surface area (Å²) in [6.07, 6.45) is 12.1. The molecule has 2 aliphatic rings. The van der Waals surface area contributed by atoms with Crippen molar-refractivity contribution in [2.75, 3.05) is 39.3 Å². The molecule has 6 aromatic rings. The van der Waals surface area contributed by atoms with Crippen LogP contribution in [-0.4, -0.2) is 92.9 Å². The average Bonchev–Trinajstić information content (AvgIpc) is 4.10. The summed E-state index contributed by atoms with van der Waals surface area (Å²) in [5.41, 5.74) is 7.80. The molecule has 312 valence electrons. The molecule has 1 unspecified atom stereocenters. The van der Waals surface area contributed by atoms with Crippen LogP contribution in [-0.2, 0) is 19.1 Å². The van der Waals surface area contributed by atoms with Crippen molar-refractivity contribution < 1.29 is 23.9 Å². The van der Waals surface area contributed by atoms with Gasteiger partial charge in [0.1, 0.15) is 6.04 Å². The van der Waals surface area contributed by atoms with E-state index >= 15 is 0 Å². The minimum atomic E-state index is -0.673. The molecule has 6 heterocycles. The van der Waals surface area contributed by atoms with Crippen LogP contribution in [0.5, 0.6) is 0 Å². The zero-order valence-electron chi connectivity index (χ0n) is 34.2. The van der Waals surface area contributed by atoms with Gasteiger partial charge in [0, 0.05) is 55.0 Å². The third-order valence-electron chi connectivity index (χ3n) is 9.36. The Morgan fingerprint density at radius 3 is 1.85 bits per heavy atom. The molecule has 8 rings (SSSR count). The first-order chi connectivity index (χ1) is 28.7. The first-order valence-corrected chi connectivity index (χ1v) is 21.9. The van der Waals surface area contributed by atoms with Crippen molar-refractivity contribution in [2.24, 2.45) is 0 Å². The van der Waals surface area contributed by atoms with Gasteiger partial charge in [-0.2, -0.15) is 0 Å². The van der Waals surface area contributed by atoms with Gasteiger partial charge in [0.15, 0.2) is 0 Å². The summed E-state index contributed by atoms with van der Waals surface area (Å²) in [6, 6.07) is 17.2. The Kier molecular flexibility index (Phi) is 17.2. The third kappa shape index (κ3) is 12.6. The van der Waals surface area contributed by atoms with Gasteiger partial charge in [-0.25, -0.2) is 14.8 Å². The maximum atomic E-state index is 12.5. The van der Waals surface area contributed by atoms with Gasteiger partial charge in [0.25, 0.3) is 0 Å². The number of likely N-dealkylation sites (tertiary alicyclic amines) is 2. The van der Waals surface area contributed by atoms with Crippen LogP contribution in [0.3, 0.4) is 0 Å². The van der Waals surface area contributed by atoms with E-state index in [1.165, 1.54) is 39.4 Å². The second-order valence-corrected chi connectivity index (χ2v) is 15.7. The van der Waals surface area contributed by atoms with Crippen LogP contribution in [0.2, 0.25) is 0 Å². The summed E-state index contributed by atoms with van der Waals surface area (Å²) in [4.78, 5) is 64.1. The lowest BCUT2D eigenvalue weighted by molar-refractivity contribution is -0.132. The van der Waals surface area contributed by atoms with Gasteiger partial charge in [-0.1, -0.05) is 74.9 Å². The number of hydrogen-bond donors (Lipinski definition) is 4. The van der Waals surface area contributed by atoms with Crippen molar-refractivity contribution >= 4 is 55.9 Å². The summed E-state index contributed by atoms with van der Waals surface area (Å²) in [5.74, 6) is -0.188. The number of fused-ring (bicyclic) bond motifs is 1. The van der Waals surface area contributed by atoms with Gasteiger partial charge >= 0.3 is 6.09 Å². The van der Waals surface area contributed by atoms with E-state index in [1.807, 2.05) is 42.7 Å². The second kappa shape index (κ2) is 23.0. The maximum absolute atomic E-state index is 12.5. The van der Waals surface area contributed by atoms with E-state index in [2.05, 4.69) is 79.4 Å². The Bertz CT molecular complexity index is 2170. The van der Waals surface area contributed by atoms with Crippen molar-refractivity contribution in [3.63, 3.8) is 0 Å². The fourth-order valence-electron chi connectivity index (χ4n) is 6.47. The van der Waals surface area contributed by atoms with E-state index in [1.54, 1.807) is 52.1 Å². The van der Waals surface area contributed by atoms with Gasteiger partial charge in [0.2, 0.25) is 17.7 Å². The number of thiophene rings is 2. The molecule has 4 N–H and O–H groups in total. The molecule has 59 heavy (non-hydrogen) atoms. The van der Waals surface area contributed by atoms with E-state index in [0.29, 0.717) is 0 Å². The van der Waals surface area contributed by atoms with Crippen LogP contribution in [0.1, 0.15) is 71.4 Å². The van der Waals surface area contributed by atoms with Gasteiger partial charge in [-0.15, -0.1) is 22.7 Å². The van der Waals surface area contributed by atoms with Gasteiger partial charge < -0.3 is 35.1 Å². The highest BCUT2D eigenvalue weighted by molar-refractivity contribution is 7.27. The molecule has 0 saturated carbocycles. The number of benzene rings is 2. The molecule has 0 bridgehead atoms. The number of imidazole rings is 2. The summed E-state index contributed by atoms with van der Waals surface area (Å²) < 4.78 is 7.53. The number of amides is 4. The topological polar surface area (TPSA) is 165 Å². The molecule has 0 radical (unpaired) electrons. The van der Waals surface area contributed by atoms with E-state index in [0.717, 1.165) is 74.4 Å². The van der Waals surface area contributed by atoms with Gasteiger partial charge in [-0.05, 0) is 49.3 Å². The Balaban J connectivity index is 0.000000171. The molecular weight excluding hydrogens is 785 g/mol. The van der Waals surface area contributed by atoms with E-state index in [4.69, 9.17) is 4.74 Å². The highest BCUT2D eigenvalue weighted by Crippen LogP contribution is 2.43. The van der Waals surface area contributed by atoms with Crippen LogP contribution < -0.4 is 10.6 Å². The molecular formula is C44H54N8O5S2. The third-order valence-corrected chi connectivity index (χ3v) is 11.5. The number of aromatic amines is 2. The number of aromatic nitrogens is 4. The lowest BCUT2D eigenvalue weighted by Gasteiger charge is -2.24. The number of ether oxygens (including phenoxy) is 1. The molecule has 1 atom stereocenters. The Morgan fingerprint density at radius 1 is 0.746 bits per heavy atom. The molecule has 2 aromatic carbocycles. The number of hydrogen-bond acceptors (Lipinski definition) is 9. The van der Waals surface area contributed by atoms with Crippen LogP contribution >= 0.6 is 22.7 Å². The Hall–Kier alpha value is -5.80. The molecule has 4 aromatic heterocycles. The number of nitrogens with zero attached hydrogens (tertiary/aromatic N) is 4. The van der Waals surface area contributed by atoms with Crippen molar-refractivity contribution in [3.05, 3.63) is 96.0 Å². The van der Waals surface area contributed by atoms with E-state index < -0.39 is 12.1 Å². The lowest BCUT2D eigenvalue weighted by Crippen LogP contribution is -2.42. The Morgan fingerprint density at radius 2 is 1.29 bits per heavy atom. The molecule has 13 nitrogen and oxygen atoms in total. The number of nitrogens with one attached hydrogen (secondary N) is 4. The molecule has 15 heteroatoms. The van der Waals surface area contributed by atoms with Crippen molar-refractivity contribution in [3.8, 4) is 33.6 Å². The molecule has 0 aliphatic carbocycles. The zero-order valence-corrected chi connectivity index (χ0v) is 35.8. The zero-order chi connectivity index (χ0) is 42.0. The van der Waals surface area contributed by atoms with Crippen LogP contribution in [0.4, 0.5) is 4.79 Å². The monoisotopic (exact) mass is 838 g/mol. The Labute approximate surface area is 353 Å². The standard InChI is InChI=1S/C18H12N4S2.C15H20N2O3.C8H14N2O2.C3H8/c1-3-12(15-5-19-9-21-15)4-2-11(1)13-7-23-18-14(8-24-17(13)18)16-6-20-10-22-16;1-2-20-15(19)16-13(12-8-4-3-5-9-12)14(18)17-10-6-7-11-17;1-7(11)9-6-8(12)10-4-2-3-5-10;1-3-2/h1-10H,(H,19,21)(H,20,22);3-5,8-9,13H,2,6-7,10-11H2,1H3,(H,16,19);2-6H2,1H3,(H,9,11);3H2,1-2H3. The number of carbonyl (C=O) groups is 4. The van der Waals surface area contributed by atoms with Crippen molar-refractivity contribution in [2.45, 2.75) is 65.8 Å². The smallest absolute Gasteiger partial charge is 0.408 e. The minimum absolute atomic E-state index is 0.0303. The average molecular weight is 839 g/mol. The molecule has 2 saturated heterocycles. The SMILES string of the molecule is CC(=O)NCC(=O)N1CCCC1.CCC.CCOC(=O)NC(C(=O)N1CCCC1)c1ccccc1.c1ncc(-c2ccc(-c3csc4c(-c5cnc[nH]5)csc34)cc2)[nH]1. The normalized spacial score (nSPS) is 13.6. The summed E-state index contributed by atoms with van der Waals surface area (Å²) >= 11 is 3.58. The predicted octanol–water partition coefficient (Wildman–Crippen LogP) is 8.67. The highest BCUT2D eigenvalue weighted by atomic mass is 32.1. The van der Waals surface area contributed by atoms with Gasteiger partial charge in [-0.3, -0.25) is 14.4 Å². The fourth-order valence-corrected chi connectivity index (χ4v) is 8.92. The highest BCUT2D eigenvalue weighted by Gasteiger charge is 2.29. The van der Waals surface area contributed by atoms with Gasteiger partial charge in [0.05, 0.1) is 59.0 Å².